The molecule has 0 fully saturated rings. The van der Waals surface area contributed by atoms with Crippen LogP contribution in [0.4, 0.5) is 17.6 Å². The Hall–Kier alpha value is -16.2. The molecule has 1 amide bonds. The number of methoxy groups -OCH3 is 8. The lowest BCUT2D eigenvalue weighted by molar-refractivity contribution is -0.136. The van der Waals surface area contributed by atoms with Crippen LogP contribution in [0.3, 0.4) is 0 Å². The highest BCUT2D eigenvalue weighted by atomic mass is 19.1. The van der Waals surface area contributed by atoms with Crippen LogP contribution in [0.25, 0.3) is 57.2 Å². The zero-order valence-corrected chi connectivity index (χ0v) is 78.1. The average Bonchev–Trinajstić information content (AvgIpc) is 1.62. The van der Waals surface area contributed by atoms with Gasteiger partial charge in [0, 0.05) is 32.6 Å². The van der Waals surface area contributed by atoms with Gasteiger partial charge in [0.05, 0.1) is 88.1 Å². The molecule has 4 aliphatic rings. The van der Waals surface area contributed by atoms with E-state index < -0.39 is 41.5 Å². The van der Waals surface area contributed by atoms with Crippen LogP contribution in [0.2, 0.25) is 0 Å². The van der Waals surface area contributed by atoms with E-state index in [1.54, 1.807) is 103 Å². The Balaban J connectivity index is 0.000000178. The SMILES string of the molecule is CC1=C(CC(=O)O)c2cc(F)ccc2C1.CNCc1ccccc1.COc1cc(/C=C2/C(C)=C(CC(=O)N(C)Cc3ccccc3)c3cc(F)ccc32)cc(OC)c1O.COc1cc(/C=C2/C(C)=C(CC(=O)O)c3cc(F)ccc32)cc(OC)c1O.COc1cc(/C=C2/C(C)=C(CC(=O)O)c3cc(F)ccc32)cc(OC)c1OC(=O)c1ccccc1.COc1cc(C=O)cc(OC)c1OC(C)=O. The van der Waals surface area contributed by atoms with Crippen molar-refractivity contribution in [1.29, 1.82) is 0 Å². The number of carbonyl (C=O) groups excluding carboxylic acids is 4. The number of amides is 1. The number of fused-ring (bicyclic) bond motifs is 4. The predicted octanol–water partition coefficient (Wildman–Crippen LogP) is 21.6. The van der Waals surface area contributed by atoms with Crippen LogP contribution in [-0.4, -0.2) is 143 Å². The fourth-order valence-electron chi connectivity index (χ4n) is 15.8. The number of ether oxygens (including phenoxy) is 10. The molecule has 0 radical (unpaired) electrons. The Morgan fingerprint density at radius 3 is 1.06 bits per heavy atom. The molecule has 0 saturated heterocycles. The van der Waals surface area contributed by atoms with Crippen molar-refractivity contribution in [2.75, 3.05) is 71.0 Å². The van der Waals surface area contributed by atoms with Crippen LogP contribution < -0.4 is 52.7 Å². The van der Waals surface area contributed by atoms with E-state index >= 15 is 0 Å². The van der Waals surface area contributed by atoms with Gasteiger partial charge in [0.25, 0.3) is 0 Å². The number of phenols is 2. The molecular weight excluding hydrogens is 1770 g/mol. The lowest BCUT2D eigenvalue weighted by Gasteiger charge is -2.18. The molecule has 0 saturated carbocycles. The van der Waals surface area contributed by atoms with Crippen LogP contribution in [0.5, 0.6) is 69.0 Å². The molecule has 137 heavy (non-hydrogen) atoms. The molecule has 0 bridgehead atoms. The molecule has 710 valence electrons. The molecule has 4 aliphatic carbocycles. The molecular formula is C109H104F4N2O22. The minimum atomic E-state index is -0.997. The maximum atomic E-state index is 14.2. The Morgan fingerprint density at radius 1 is 0.387 bits per heavy atom. The second kappa shape index (κ2) is 47.9. The topological polar surface area (TPSA) is 328 Å². The molecule has 11 aromatic carbocycles. The molecule has 0 aromatic heterocycles. The van der Waals surface area contributed by atoms with Crippen LogP contribution >= 0.6 is 0 Å². The number of esters is 2. The van der Waals surface area contributed by atoms with Gasteiger partial charge in [0.1, 0.15) is 29.6 Å². The number of hydrogen-bond acceptors (Lipinski definition) is 20. The predicted molar refractivity (Wildman–Crippen MR) is 516 cm³/mol. The number of benzene rings is 11. The first kappa shape index (κ1) is 103. The summed E-state index contributed by atoms with van der Waals surface area (Å²) in [6.07, 6.45) is 6.72. The summed E-state index contributed by atoms with van der Waals surface area (Å²) in [5.74, 6) is -3.14. The molecule has 24 nitrogen and oxygen atoms in total. The molecule has 11 aromatic rings. The molecule has 0 aliphatic heterocycles. The summed E-state index contributed by atoms with van der Waals surface area (Å²) in [5.41, 5.74) is 19.8. The van der Waals surface area contributed by atoms with E-state index in [2.05, 4.69) is 17.4 Å². The number of carboxylic acids is 3. The maximum Gasteiger partial charge on any atom is 0.343 e. The smallest absolute Gasteiger partial charge is 0.343 e. The van der Waals surface area contributed by atoms with Crippen molar-refractivity contribution >= 4 is 99.3 Å². The number of allylic oxidation sites excluding steroid dienone is 7. The zero-order valence-electron chi connectivity index (χ0n) is 78.1. The highest BCUT2D eigenvalue weighted by Gasteiger charge is 2.32. The summed E-state index contributed by atoms with van der Waals surface area (Å²) in [4.78, 5) is 82.4. The van der Waals surface area contributed by atoms with Gasteiger partial charge in [0.2, 0.25) is 28.9 Å². The summed E-state index contributed by atoms with van der Waals surface area (Å²) >= 11 is 0. The third kappa shape index (κ3) is 26.0. The second-order valence-electron chi connectivity index (χ2n) is 31.5. The van der Waals surface area contributed by atoms with Crippen molar-refractivity contribution < 1.29 is 124 Å². The largest absolute Gasteiger partial charge is 0.502 e. The number of carboxylic acid groups (broad SMARTS) is 3. The molecule has 0 unspecified atom stereocenters. The van der Waals surface area contributed by atoms with Crippen molar-refractivity contribution in [3.8, 4) is 69.0 Å². The molecule has 0 spiro atoms. The number of phenolic OH excluding ortho intramolecular Hbond substituents is 2. The molecule has 15 rings (SSSR count). The standard InChI is InChI=1S/C29H28FNO4.C28H23FO6.C21H19FO5.C12H11FO2.C11H12O5.C8H11N/c1-18-23(12-20-13-26(34-3)29(33)27(14-20)35-4)22-11-10-21(30)15-25(22)24(18)16-28(32)31(2)17-19-8-6-5-7-9-19;1-16-21(20-10-9-19(29)14-23(20)22(16)15-26(30)31)11-17-12-24(33-2)27(25(13-17)34-3)35-28(32)18-7-5-4-6-8-18;1-11-15(6-12-7-18(26-2)21(25)19(8-12)27-3)14-5-4-13(22)9-17(14)16(11)10-20(23)24;1-7-4-8-2-3-9(13)5-11(8)10(7)6-12(14)15;1-7(13)16-11-9(14-2)4-8(6-12)5-10(11)15-3;1-9-7-8-5-3-2-4-6-8/h5-15,33H,16-17H2,1-4H3;4-14H,15H2,1-3H3,(H,30,31);4-9,25H,10H2,1-3H3,(H,23,24);2-3,5H,4,6H2,1H3,(H,14,15);4-6H,1-3H3;2-6,9H,7H2,1H3/b23-12-;21-11-;15-6-;;;. The van der Waals surface area contributed by atoms with Crippen LogP contribution in [0.15, 0.2) is 235 Å². The highest BCUT2D eigenvalue weighted by molar-refractivity contribution is 6.11. The minimum absolute atomic E-state index is 0.0255. The molecule has 0 heterocycles. The van der Waals surface area contributed by atoms with E-state index in [9.17, 15) is 71.5 Å². The molecule has 0 atom stereocenters. The van der Waals surface area contributed by atoms with Crippen LogP contribution in [0.1, 0.15) is 153 Å². The lowest BCUT2D eigenvalue weighted by atomic mass is 10.00. The van der Waals surface area contributed by atoms with Gasteiger partial charge < -0.3 is 83.1 Å². The zero-order chi connectivity index (χ0) is 99.6. The van der Waals surface area contributed by atoms with E-state index in [-0.39, 0.29) is 112 Å². The van der Waals surface area contributed by atoms with Crippen molar-refractivity contribution in [2.45, 2.75) is 79.8 Å². The quantitative estimate of drug-likeness (QED) is 0.0121. The third-order valence-corrected chi connectivity index (χ3v) is 22.4. The van der Waals surface area contributed by atoms with Crippen LogP contribution in [0, 0.1) is 23.3 Å². The number of aliphatic carboxylic acids is 3. The Morgan fingerprint density at radius 2 is 0.708 bits per heavy atom. The first-order chi connectivity index (χ1) is 65.6. The van der Waals surface area contributed by atoms with Gasteiger partial charge in [-0.3, -0.25) is 28.8 Å². The second-order valence-corrected chi connectivity index (χ2v) is 31.5. The van der Waals surface area contributed by atoms with Gasteiger partial charge in [-0.25, -0.2) is 22.4 Å². The number of halogens is 4. The van der Waals surface area contributed by atoms with E-state index in [4.69, 9.17) is 52.5 Å². The minimum Gasteiger partial charge on any atom is -0.502 e. The van der Waals surface area contributed by atoms with Gasteiger partial charge in [-0.2, -0.15) is 0 Å². The van der Waals surface area contributed by atoms with Crippen molar-refractivity contribution in [2.24, 2.45) is 0 Å². The highest BCUT2D eigenvalue weighted by Crippen LogP contribution is 2.51. The number of aromatic hydroxyl groups is 2. The van der Waals surface area contributed by atoms with Crippen molar-refractivity contribution in [3.63, 3.8) is 0 Å². The fraction of sp³-hybridized carbons (Fsp3) is 0.202. The summed E-state index contributed by atoms with van der Waals surface area (Å²) in [6, 6.07) is 59.6. The van der Waals surface area contributed by atoms with E-state index in [1.165, 1.54) is 130 Å². The lowest BCUT2D eigenvalue weighted by Crippen LogP contribution is -2.26. The van der Waals surface area contributed by atoms with Gasteiger partial charge in [-0.15, -0.1) is 0 Å². The third-order valence-electron chi connectivity index (χ3n) is 22.4. The number of carbonyl (C=O) groups is 7. The van der Waals surface area contributed by atoms with Crippen molar-refractivity contribution in [1.82, 2.24) is 10.2 Å². The number of aldehydes is 1. The monoisotopic (exact) mass is 1870 g/mol. The Kier molecular flexibility index (Phi) is 36.0. The first-order valence-electron chi connectivity index (χ1n) is 42.7. The van der Waals surface area contributed by atoms with Gasteiger partial charge in [0.15, 0.2) is 46.0 Å². The summed E-state index contributed by atoms with van der Waals surface area (Å²) in [6.45, 7) is 10.2. The molecule has 28 heteroatoms. The number of nitrogens with one attached hydrogen (secondary N) is 1. The number of nitrogens with zero attached hydrogens (tertiary/aromatic N) is 1. The van der Waals surface area contributed by atoms with Gasteiger partial charge >= 0.3 is 29.8 Å². The summed E-state index contributed by atoms with van der Waals surface area (Å²) in [5, 5.41) is 50.7. The van der Waals surface area contributed by atoms with E-state index in [0.29, 0.717) is 62.9 Å². The first-order valence-corrected chi connectivity index (χ1v) is 42.7. The summed E-state index contributed by atoms with van der Waals surface area (Å²) < 4.78 is 107. The fourth-order valence-corrected chi connectivity index (χ4v) is 15.8. The van der Waals surface area contributed by atoms with Crippen LogP contribution in [-0.2, 0) is 43.5 Å². The van der Waals surface area contributed by atoms with Gasteiger partial charge in [-0.05, 0) is 297 Å². The maximum absolute atomic E-state index is 14.2. The normalized spacial score (nSPS) is 13.1. The average molecular weight is 1870 g/mol. The Bertz CT molecular complexity index is 6510. The summed E-state index contributed by atoms with van der Waals surface area (Å²) in [7, 11) is 15.3. The number of hydrogen-bond donors (Lipinski definition) is 6. The number of rotatable bonds is 27. The molecule has 6 N–H and O–H groups in total. The van der Waals surface area contributed by atoms with E-state index in [1.807, 2.05) is 102 Å². The van der Waals surface area contributed by atoms with E-state index in [0.717, 1.165) is 102 Å². The van der Waals surface area contributed by atoms with Gasteiger partial charge in [-0.1, -0.05) is 109 Å². The Labute approximate surface area is 790 Å². The van der Waals surface area contributed by atoms with Crippen molar-refractivity contribution in [3.05, 3.63) is 341 Å².